The maximum absolute atomic E-state index is 11.5. The fourth-order valence-corrected chi connectivity index (χ4v) is 1.78. The lowest BCUT2D eigenvalue weighted by molar-refractivity contribution is -0.141. The van der Waals surface area contributed by atoms with Crippen LogP contribution in [0.3, 0.4) is 0 Å². The summed E-state index contributed by atoms with van der Waals surface area (Å²) in [7, 11) is 3.05. The quantitative estimate of drug-likeness (QED) is 0.590. The number of halogens is 1. The lowest BCUT2D eigenvalue weighted by Crippen LogP contribution is -2.17. The molecule has 0 saturated carbocycles. The molecule has 1 aromatic carbocycles. The standard InChI is InChI=1S/C14H20ClNO4/c1-4-5-6-20-14(17)9-16-11-8-12(18-2)10(15)7-13(11)19-3/h7-8,16H,4-6,9H2,1-3H3. The first-order valence-electron chi connectivity index (χ1n) is 6.43. The number of nitrogens with one attached hydrogen (secondary N) is 1. The van der Waals surface area contributed by atoms with Crippen molar-refractivity contribution in [3.05, 3.63) is 17.2 Å². The third-order valence-electron chi connectivity index (χ3n) is 2.66. The van der Waals surface area contributed by atoms with Crippen molar-refractivity contribution >= 4 is 23.3 Å². The van der Waals surface area contributed by atoms with Crippen LogP contribution < -0.4 is 14.8 Å². The zero-order chi connectivity index (χ0) is 15.0. The largest absolute Gasteiger partial charge is 0.495 e. The first kappa shape index (κ1) is 16.4. The molecule has 0 aliphatic rings. The number of anilines is 1. The molecule has 0 fully saturated rings. The van der Waals surface area contributed by atoms with Gasteiger partial charge in [0.05, 0.1) is 31.5 Å². The van der Waals surface area contributed by atoms with E-state index in [1.165, 1.54) is 14.2 Å². The molecule has 20 heavy (non-hydrogen) atoms. The van der Waals surface area contributed by atoms with Gasteiger partial charge in [0.2, 0.25) is 0 Å². The van der Waals surface area contributed by atoms with Gasteiger partial charge in [-0.25, -0.2) is 0 Å². The van der Waals surface area contributed by atoms with Crippen LogP contribution in [0.15, 0.2) is 12.1 Å². The van der Waals surface area contributed by atoms with Crippen LogP contribution in [0.4, 0.5) is 5.69 Å². The van der Waals surface area contributed by atoms with E-state index in [0.717, 1.165) is 12.8 Å². The summed E-state index contributed by atoms with van der Waals surface area (Å²) in [5.41, 5.74) is 0.626. The van der Waals surface area contributed by atoms with Crippen LogP contribution in [0, 0.1) is 0 Å². The van der Waals surface area contributed by atoms with Crippen LogP contribution in [0.2, 0.25) is 5.02 Å². The van der Waals surface area contributed by atoms with Crippen LogP contribution in [0.25, 0.3) is 0 Å². The molecule has 0 atom stereocenters. The Morgan fingerprint density at radius 3 is 2.55 bits per heavy atom. The van der Waals surface area contributed by atoms with Gasteiger partial charge in [-0.15, -0.1) is 0 Å². The highest BCUT2D eigenvalue weighted by Gasteiger charge is 2.11. The van der Waals surface area contributed by atoms with Crippen LogP contribution in [-0.4, -0.2) is 33.3 Å². The summed E-state index contributed by atoms with van der Waals surface area (Å²) in [6.45, 7) is 2.54. The summed E-state index contributed by atoms with van der Waals surface area (Å²) in [6, 6.07) is 3.31. The maximum atomic E-state index is 11.5. The maximum Gasteiger partial charge on any atom is 0.325 e. The molecule has 1 aromatic rings. The van der Waals surface area contributed by atoms with Gasteiger partial charge in [0, 0.05) is 12.1 Å². The van der Waals surface area contributed by atoms with Gasteiger partial charge in [0.15, 0.2) is 0 Å². The second-order valence-electron chi connectivity index (χ2n) is 4.11. The second-order valence-corrected chi connectivity index (χ2v) is 4.52. The van der Waals surface area contributed by atoms with Crippen LogP contribution >= 0.6 is 11.6 Å². The summed E-state index contributed by atoms with van der Waals surface area (Å²) in [5, 5.41) is 3.40. The van der Waals surface area contributed by atoms with E-state index >= 15 is 0 Å². The molecule has 5 nitrogen and oxygen atoms in total. The van der Waals surface area contributed by atoms with Gasteiger partial charge in [0.25, 0.3) is 0 Å². The molecule has 1 rings (SSSR count). The number of benzene rings is 1. The van der Waals surface area contributed by atoms with Crippen LogP contribution in [0.1, 0.15) is 19.8 Å². The molecular formula is C14H20ClNO4. The first-order valence-corrected chi connectivity index (χ1v) is 6.81. The van der Waals surface area contributed by atoms with E-state index in [1.807, 2.05) is 6.92 Å². The monoisotopic (exact) mass is 301 g/mol. The predicted molar refractivity (Wildman–Crippen MR) is 78.9 cm³/mol. The van der Waals surface area contributed by atoms with E-state index in [1.54, 1.807) is 12.1 Å². The van der Waals surface area contributed by atoms with Crippen LogP contribution in [-0.2, 0) is 9.53 Å². The average molecular weight is 302 g/mol. The minimum Gasteiger partial charge on any atom is -0.495 e. The number of hydrogen-bond acceptors (Lipinski definition) is 5. The number of esters is 1. The smallest absolute Gasteiger partial charge is 0.325 e. The SMILES string of the molecule is CCCCOC(=O)CNc1cc(OC)c(Cl)cc1OC. The molecule has 6 heteroatoms. The predicted octanol–water partition coefficient (Wildman–Crippen LogP) is 3.11. The third-order valence-corrected chi connectivity index (χ3v) is 2.95. The molecule has 0 aliphatic heterocycles. The highest BCUT2D eigenvalue weighted by molar-refractivity contribution is 6.32. The van der Waals surface area contributed by atoms with Crippen molar-refractivity contribution < 1.29 is 19.0 Å². The van der Waals surface area contributed by atoms with Gasteiger partial charge in [-0.1, -0.05) is 24.9 Å². The van der Waals surface area contributed by atoms with Crippen molar-refractivity contribution in [1.29, 1.82) is 0 Å². The van der Waals surface area contributed by atoms with Crippen molar-refractivity contribution in [3.8, 4) is 11.5 Å². The Balaban J connectivity index is 2.64. The van der Waals surface area contributed by atoms with Crippen molar-refractivity contribution in [2.24, 2.45) is 0 Å². The molecule has 0 aromatic heterocycles. The average Bonchev–Trinajstić information content (AvgIpc) is 2.45. The van der Waals surface area contributed by atoms with Gasteiger partial charge in [-0.3, -0.25) is 4.79 Å². The molecule has 0 radical (unpaired) electrons. The van der Waals surface area contributed by atoms with Crippen LogP contribution in [0.5, 0.6) is 11.5 Å². The normalized spacial score (nSPS) is 10.0. The van der Waals surface area contributed by atoms with E-state index in [9.17, 15) is 4.79 Å². The molecule has 0 aliphatic carbocycles. The third kappa shape index (κ3) is 4.81. The number of methoxy groups -OCH3 is 2. The fourth-order valence-electron chi connectivity index (χ4n) is 1.55. The Bertz CT molecular complexity index is 451. The summed E-state index contributed by atoms with van der Waals surface area (Å²) in [5.74, 6) is 0.737. The number of unbranched alkanes of at least 4 members (excludes halogenated alkanes) is 1. The van der Waals surface area contributed by atoms with Gasteiger partial charge >= 0.3 is 5.97 Å². The Morgan fingerprint density at radius 1 is 1.25 bits per heavy atom. The Labute approximate surface area is 124 Å². The summed E-state index contributed by atoms with van der Waals surface area (Å²) in [6.07, 6.45) is 1.85. The van der Waals surface area contributed by atoms with E-state index in [-0.39, 0.29) is 12.5 Å². The van der Waals surface area contributed by atoms with Gasteiger partial charge in [-0.2, -0.15) is 0 Å². The molecule has 0 amide bonds. The summed E-state index contributed by atoms with van der Waals surface area (Å²) in [4.78, 5) is 11.5. The lowest BCUT2D eigenvalue weighted by atomic mass is 10.2. The zero-order valence-corrected chi connectivity index (χ0v) is 12.8. The fraction of sp³-hybridized carbons (Fsp3) is 0.500. The number of carbonyl (C=O) groups excluding carboxylic acids is 1. The minimum atomic E-state index is -0.311. The van der Waals surface area contributed by atoms with Crippen molar-refractivity contribution in [2.75, 3.05) is 32.7 Å². The molecule has 0 bridgehead atoms. The van der Waals surface area contributed by atoms with Crippen molar-refractivity contribution in [1.82, 2.24) is 0 Å². The highest BCUT2D eigenvalue weighted by Crippen LogP contribution is 2.35. The molecule has 0 heterocycles. The molecule has 0 unspecified atom stereocenters. The number of hydrogen-bond donors (Lipinski definition) is 1. The Kier molecular flexibility index (Phi) is 7.01. The van der Waals surface area contributed by atoms with Crippen molar-refractivity contribution in [2.45, 2.75) is 19.8 Å². The number of rotatable bonds is 8. The summed E-state index contributed by atoms with van der Waals surface area (Å²) < 4.78 is 15.4. The molecular weight excluding hydrogens is 282 g/mol. The Hall–Kier alpha value is -1.62. The molecule has 0 saturated heterocycles. The van der Waals surface area contributed by atoms with Crippen molar-refractivity contribution in [3.63, 3.8) is 0 Å². The zero-order valence-electron chi connectivity index (χ0n) is 12.0. The molecule has 1 N–H and O–H groups in total. The van der Waals surface area contributed by atoms with Gasteiger partial charge in [0.1, 0.15) is 18.0 Å². The van der Waals surface area contributed by atoms with E-state index in [0.29, 0.717) is 28.8 Å². The lowest BCUT2D eigenvalue weighted by Gasteiger charge is -2.13. The first-order chi connectivity index (χ1) is 9.62. The van der Waals surface area contributed by atoms with Gasteiger partial charge < -0.3 is 19.5 Å². The Morgan fingerprint density at radius 2 is 1.95 bits per heavy atom. The highest BCUT2D eigenvalue weighted by atomic mass is 35.5. The number of ether oxygens (including phenoxy) is 3. The van der Waals surface area contributed by atoms with E-state index < -0.39 is 0 Å². The minimum absolute atomic E-state index is 0.0604. The second kappa shape index (κ2) is 8.53. The number of carbonyl (C=O) groups is 1. The summed E-state index contributed by atoms with van der Waals surface area (Å²) >= 11 is 6.00. The van der Waals surface area contributed by atoms with Gasteiger partial charge in [-0.05, 0) is 6.42 Å². The van der Waals surface area contributed by atoms with E-state index in [2.05, 4.69) is 5.32 Å². The molecule has 112 valence electrons. The molecule has 0 spiro atoms. The topological polar surface area (TPSA) is 56.8 Å². The van der Waals surface area contributed by atoms with E-state index in [4.69, 9.17) is 25.8 Å².